The monoisotopic (exact) mass is 403 g/mol. The Morgan fingerprint density at radius 3 is 2.83 bits per heavy atom. The minimum atomic E-state index is -4.71. The van der Waals surface area contributed by atoms with Gasteiger partial charge in [-0.15, -0.1) is 13.2 Å². The normalized spacial score (nSPS) is 18.7. The van der Waals surface area contributed by atoms with Crippen molar-refractivity contribution in [1.82, 2.24) is 20.1 Å². The molecule has 2 aliphatic heterocycles. The summed E-state index contributed by atoms with van der Waals surface area (Å²) < 4.78 is 41.7. The molecule has 1 atom stereocenters. The van der Waals surface area contributed by atoms with Crippen molar-refractivity contribution in [2.45, 2.75) is 25.5 Å². The van der Waals surface area contributed by atoms with Gasteiger partial charge in [-0.2, -0.15) is 0 Å². The molecule has 152 valence electrons. The molecule has 9 heteroatoms. The molecule has 1 aromatic heterocycles. The number of hydrogen-bond acceptors (Lipinski definition) is 6. The van der Waals surface area contributed by atoms with Crippen LogP contribution in [-0.4, -0.2) is 47.2 Å². The number of allylic oxidation sites excluding steroid dienone is 1. The Labute approximate surface area is 166 Å². The van der Waals surface area contributed by atoms with Crippen LogP contribution in [0.5, 0.6) is 5.75 Å². The first kappa shape index (κ1) is 19.1. The van der Waals surface area contributed by atoms with Gasteiger partial charge in [0.1, 0.15) is 24.4 Å². The Hall–Kier alpha value is -3.23. The van der Waals surface area contributed by atoms with Crippen molar-refractivity contribution in [1.29, 1.82) is 0 Å². The zero-order valence-corrected chi connectivity index (χ0v) is 15.7. The van der Waals surface area contributed by atoms with Gasteiger partial charge < -0.3 is 19.9 Å². The molecule has 0 amide bonds. The maximum Gasteiger partial charge on any atom is 0.573 e. The highest BCUT2D eigenvalue weighted by atomic mass is 19.4. The van der Waals surface area contributed by atoms with E-state index in [0.29, 0.717) is 19.6 Å². The lowest BCUT2D eigenvalue weighted by Crippen LogP contribution is -2.40. The smallest absolute Gasteiger partial charge is 0.406 e. The number of alkyl halides is 3. The predicted octanol–water partition coefficient (Wildman–Crippen LogP) is 3.10. The Morgan fingerprint density at radius 2 is 2.07 bits per heavy atom. The van der Waals surface area contributed by atoms with Crippen molar-refractivity contribution in [3.8, 4) is 5.75 Å². The molecule has 0 fully saturated rings. The number of nitrogens with one attached hydrogen (secondary N) is 1. The predicted molar refractivity (Wildman–Crippen MR) is 102 cm³/mol. The lowest BCUT2D eigenvalue weighted by atomic mass is 10.1. The Morgan fingerprint density at radius 1 is 1.21 bits per heavy atom. The van der Waals surface area contributed by atoms with Crippen LogP contribution in [0.3, 0.4) is 0 Å². The first-order chi connectivity index (χ1) is 13.9. The number of pyridine rings is 1. The number of hydrogen-bond donors (Lipinski definition) is 1. The molecule has 1 unspecified atom stereocenters. The molecular weight excluding hydrogens is 383 g/mol. The van der Waals surface area contributed by atoms with Gasteiger partial charge in [-0.1, -0.05) is 18.2 Å². The van der Waals surface area contributed by atoms with Gasteiger partial charge in [-0.3, -0.25) is 9.98 Å². The van der Waals surface area contributed by atoms with E-state index < -0.39 is 6.36 Å². The van der Waals surface area contributed by atoms with Crippen LogP contribution in [0.15, 0.2) is 65.2 Å². The van der Waals surface area contributed by atoms with E-state index in [1.54, 1.807) is 18.3 Å². The molecule has 6 nitrogen and oxygen atoms in total. The first-order valence-electron chi connectivity index (χ1n) is 9.12. The SMILES string of the molecule is CN1CN=CC2=C1NC(Cc1cccc(OC(F)(F)F)c1)N2Cc1ccccn1. The summed E-state index contributed by atoms with van der Waals surface area (Å²) in [5, 5.41) is 3.48. The minimum Gasteiger partial charge on any atom is -0.406 e. The molecule has 2 aliphatic rings. The summed E-state index contributed by atoms with van der Waals surface area (Å²) in [7, 11) is 1.94. The summed E-state index contributed by atoms with van der Waals surface area (Å²) in [4.78, 5) is 12.9. The van der Waals surface area contributed by atoms with Crippen LogP contribution in [0, 0.1) is 0 Å². The molecule has 0 aliphatic carbocycles. The number of halogens is 3. The molecular formula is C20H20F3N5O. The topological polar surface area (TPSA) is 53.0 Å². The quantitative estimate of drug-likeness (QED) is 0.832. The maximum atomic E-state index is 12.5. The maximum absolute atomic E-state index is 12.5. The summed E-state index contributed by atoms with van der Waals surface area (Å²) in [5.74, 6) is 0.726. The van der Waals surface area contributed by atoms with Gasteiger partial charge in [0.2, 0.25) is 0 Å². The van der Waals surface area contributed by atoms with Gasteiger partial charge in [0.25, 0.3) is 0 Å². The van der Waals surface area contributed by atoms with Gasteiger partial charge >= 0.3 is 6.36 Å². The van der Waals surface area contributed by atoms with E-state index in [1.807, 2.05) is 36.4 Å². The number of nitrogens with zero attached hydrogens (tertiary/aromatic N) is 4. The number of rotatable bonds is 5. The average Bonchev–Trinajstić information content (AvgIpc) is 3.00. The molecule has 1 N–H and O–H groups in total. The van der Waals surface area contributed by atoms with E-state index >= 15 is 0 Å². The van der Waals surface area contributed by atoms with Gasteiger partial charge in [0.05, 0.1) is 24.2 Å². The molecule has 0 saturated carbocycles. The second-order valence-electron chi connectivity index (χ2n) is 6.89. The summed E-state index contributed by atoms with van der Waals surface area (Å²) in [6.07, 6.45) is -0.822. The van der Waals surface area contributed by atoms with E-state index in [2.05, 4.69) is 24.9 Å². The van der Waals surface area contributed by atoms with E-state index in [9.17, 15) is 13.2 Å². The van der Waals surface area contributed by atoms with Crippen LogP contribution in [0.1, 0.15) is 11.3 Å². The molecule has 1 aromatic carbocycles. The molecule has 0 radical (unpaired) electrons. The lowest BCUT2D eigenvalue weighted by Gasteiger charge is -2.27. The van der Waals surface area contributed by atoms with Crippen LogP contribution < -0.4 is 10.1 Å². The molecule has 29 heavy (non-hydrogen) atoms. The third-order valence-electron chi connectivity index (χ3n) is 4.74. The van der Waals surface area contributed by atoms with Crippen molar-refractivity contribution >= 4 is 6.21 Å². The van der Waals surface area contributed by atoms with E-state index in [-0.39, 0.29) is 11.9 Å². The van der Waals surface area contributed by atoms with Gasteiger partial charge in [0, 0.05) is 19.7 Å². The fourth-order valence-corrected chi connectivity index (χ4v) is 3.49. The third-order valence-corrected chi connectivity index (χ3v) is 4.74. The van der Waals surface area contributed by atoms with Crippen molar-refractivity contribution in [2.24, 2.45) is 4.99 Å². The highest BCUT2D eigenvalue weighted by molar-refractivity contribution is 5.80. The largest absolute Gasteiger partial charge is 0.573 e. The molecule has 0 spiro atoms. The number of aliphatic imine (C=N–C) groups is 1. The highest BCUT2D eigenvalue weighted by Crippen LogP contribution is 2.29. The van der Waals surface area contributed by atoms with Gasteiger partial charge in [0.15, 0.2) is 0 Å². The van der Waals surface area contributed by atoms with Crippen LogP contribution in [0.25, 0.3) is 0 Å². The number of benzene rings is 1. The summed E-state index contributed by atoms with van der Waals surface area (Å²) in [5.41, 5.74) is 2.57. The van der Waals surface area contributed by atoms with Crippen LogP contribution >= 0.6 is 0 Å². The molecule has 0 bridgehead atoms. The van der Waals surface area contributed by atoms with E-state index in [4.69, 9.17) is 0 Å². The zero-order valence-electron chi connectivity index (χ0n) is 15.7. The Bertz CT molecular complexity index is 929. The van der Waals surface area contributed by atoms with Crippen LogP contribution in [-0.2, 0) is 13.0 Å². The lowest BCUT2D eigenvalue weighted by molar-refractivity contribution is -0.274. The van der Waals surface area contributed by atoms with Gasteiger partial charge in [-0.05, 0) is 29.8 Å². The van der Waals surface area contributed by atoms with E-state index in [1.165, 1.54) is 12.1 Å². The third kappa shape index (κ3) is 4.44. The minimum absolute atomic E-state index is 0.157. The highest BCUT2D eigenvalue weighted by Gasteiger charge is 2.34. The zero-order chi connectivity index (χ0) is 20.4. The van der Waals surface area contributed by atoms with Crippen molar-refractivity contribution < 1.29 is 17.9 Å². The van der Waals surface area contributed by atoms with Crippen molar-refractivity contribution in [3.05, 3.63) is 71.4 Å². The summed E-state index contributed by atoms with van der Waals surface area (Å²) >= 11 is 0. The number of ether oxygens (including phenoxy) is 1. The molecule has 4 rings (SSSR count). The average molecular weight is 403 g/mol. The Balaban J connectivity index is 1.57. The molecule has 2 aromatic rings. The van der Waals surface area contributed by atoms with E-state index in [0.717, 1.165) is 22.8 Å². The number of aromatic nitrogens is 1. The van der Waals surface area contributed by atoms with Crippen LogP contribution in [0.4, 0.5) is 13.2 Å². The molecule has 3 heterocycles. The van der Waals surface area contributed by atoms with Crippen molar-refractivity contribution in [3.63, 3.8) is 0 Å². The standard InChI is InChI=1S/C20H20F3N5O/c1-27-13-24-11-17-19(27)26-18(28(17)12-15-6-2-3-8-25-15)10-14-5-4-7-16(9-14)29-20(21,22)23/h2-9,11,18,26H,10,12-13H2,1H3. The fraction of sp³-hybridized carbons (Fsp3) is 0.300. The Kier molecular flexibility index (Phi) is 5.04. The second kappa shape index (κ2) is 7.65. The van der Waals surface area contributed by atoms with Crippen molar-refractivity contribution in [2.75, 3.05) is 13.7 Å². The molecule has 0 saturated heterocycles. The first-order valence-corrected chi connectivity index (χ1v) is 9.12. The second-order valence-corrected chi connectivity index (χ2v) is 6.89. The fourth-order valence-electron chi connectivity index (χ4n) is 3.49. The van der Waals surface area contributed by atoms with Gasteiger partial charge in [-0.25, -0.2) is 0 Å². The van der Waals surface area contributed by atoms with Crippen LogP contribution in [0.2, 0.25) is 0 Å². The summed E-state index contributed by atoms with van der Waals surface area (Å²) in [6, 6.07) is 11.8. The summed E-state index contributed by atoms with van der Waals surface area (Å²) in [6.45, 7) is 1.10.